The smallest absolute Gasteiger partial charge is 0.274 e. The van der Waals surface area contributed by atoms with Crippen LogP contribution in [0.4, 0.5) is 0 Å². The van der Waals surface area contributed by atoms with E-state index in [9.17, 15) is 4.79 Å². The van der Waals surface area contributed by atoms with Crippen LogP contribution in [0.5, 0.6) is 0 Å². The van der Waals surface area contributed by atoms with E-state index >= 15 is 0 Å². The van der Waals surface area contributed by atoms with E-state index in [-0.39, 0.29) is 5.91 Å². The number of rotatable bonds is 5. The molecule has 0 fully saturated rings. The lowest BCUT2D eigenvalue weighted by Crippen LogP contribution is -2.24. The van der Waals surface area contributed by atoms with Gasteiger partial charge in [0.15, 0.2) is 0 Å². The van der Waals surface area contributed by atoms with E-state index in [0.717, 1.165) is 5.56 Å². The molecule has 20 heavy (non-hydrogen) atoms. The number of aryl methyl sites for hydroxylation is 1. The molecule has 2 aromatic rings. The molecular formula is C14H16ClN3O2. The molecule has 0 bridgehead atoms. The summed E-state index contributed by atoms with van der Waals surface area (Å²) in [7, 11) is 0. The van der Waals surface area contributed by atoms with Crippen molar-refractivity contribution in [3.05, 3.63) is 52.3 Å². The van der Waals surface area contributed by atoms with Crippen molar-refractivity contribution in [3.8, 4) is 0 Å². The number of nitrogens with one attached hydrogen (secondary N) is 1. The van der Waals surface area contributed by atoms with Crippen molar-refractivity contribution in [2.24, 2.45) is 0 Å². The van der Waals surface area contributed by atoms with Gasteiger partial charge in [-0.2, -0.15) is 5.10 Å². The summed E-state index contributed by atoms with van der Waals surface area (Å²) in [4.78, 5) is 16.8. The maximum Gasteiger partial charge on any atom is 0.279 e. The van der Waals surface area contributed by atoms with Crippen molar-refractivity contribution in [2.75, 3.05) is 6.61 Å². The molecule has 0 radical (unpaired) electrons. The van der Waals surface area contributed by atoms with Crippen LogP contribution in [0.1, 0.15) is 28.5 Å². The number of nitrogens with zero attached hydrogens (tertiary/aromatic N) is 2. The number of benzene rings is 1. The van der Waals surface area contributed by atoms with Gasteiger partial charge < -0.3 is 0 Å². The SMILES string of the molecule is CCONC(=O)c1c(C)nn(Cc2ccccc2)c1Cl. The number of carbonyl (C=O) groups is 1. The molecule has 0 atom stereocenters. The Morgan fingerprint density at radius 1 is 1.40 bits per heavy atom. The Hall–Kier alpha value is -1.85. The second kappa shape index (κ2) is 6.54. The predicted octanol–water partition coefficient (Wildman–Crippen LogP) is 2.57. The number of amides is 1. The minimum absolute atomic E-state index is 0.309. The highest BCUT2D eigenvalue weighted by Crippen LogP contribution is 2.20. The molecular weight excluding hydrogens is 278 g/mol. The van der Waals surface area contributed by atoms with Crippen LogP contribution < -0.4 is 5.48 Å². The van der Waals surface area contributed by atoms with Crippen molar-refractivity contribution in [1.29, 1.82) is 0 Å². The Bertz CT molecular complexity index is 596. The van der Waals surface area contributed by atoms with E-state index in [1.165, 1.54) is 0 Å². The van der Waals surface area contributed by atoms with Gasteiger partial charge in [0.25, 0.3) is 5.91 Å². The van der Waals surface area contributed by atoms with Crippen LogP contribution in [0.3, 0.4) is 0 Å². The number of halogens is 1. The average Bonchev–Trinajstić information content (AvgIpc) is 2.72. The van der Waals surface area contributed by atoms with E-state index in [0.29, 0.717) is 29.6 Å². The second-order valence-electron chi connectivity index (χ2n) is 4.26. The number of carbonyl (C=O) groups excluding carboxylic acids is 1. The molecule has 0 aliphatic heterocycles. The van der Waals surface area contributed by atoms with Crippen LogP contribution in [0.2, 0.25) is 5.15 Å². The quantitative estimate of drug-likeness (QED) is 0.862. The molecule has 1 aromatic carbocycles. The first-order chi connectivity index (χ1) is 9.63. The van der Waals surface area contributed by atoms with E-state index in [1.54, 1.807) is 18.5 Å². The summed E-state index contributed by atoms with van der Waals surface area (Å²) in [5.74, 6) is -0.381. The summed E-state index contributed by atoms with van der Waals surface area (Å²) in [5, 5.41) is 4.61. The van der Waals surface area contributed by atoms with Crippen LogP contribution in [0.25, 0.3) is 0 Å². The van der Waals surface area contributed by atoms with Crippen LogP contribution in [0.15, 0.2) is 30.3 Å². The van der Waals surface area contributed by atoms with Gasteiger partial charge in [0.1, 0.15) is 10.7 Å². The number of hydrogen-bond acceptors (Lipinski definition) is 3. The molecule has 106 valence electrons. The zero-order chi connectivity index (χ0) is 14.5. The average molecular weight is 294 g/mol. The first kappa shape index (κ1) is 14.6. The summed E-state index contributed by atoms with van der Waals surface area (Å²) in [6.07, 6.45) is 0. The summed E-state index contributed by atoms with van der Waals surface area (Å²) >= 11 is 6.24. The molecule has 1 N–H and O–H groups in total. The fourth-order valence-corrected chi connectivity index (χ4v) is 2.18. The van der Waals surface area contributed by atoms with Crippen molar-refractivity contribution in [3.63, 3.8) is 0 Å². The molecule has 0 saturated carbocycles. The fourth-order valence-electron chi connectivity index (χ4n) is 1.86. The van der Waals surface area contributed by atoms with Gasteiger partial charge in [-0.15, -0.1) is 0 Å². The van der Waals surface area contributed by atoms with E-state index in [4.69, 9.17) is 16.4 Å². The Balaban J connectivity index is 2.22. The maximum absolute atomic E-state index is 11.9. The van der Waals surface area contributed by atoms with E-state index < -0.39 is 0 Å². The van der Waals surface area contributed by atoms with Crippen molar-refractivity contribution >= 4 is 17.5 Å². The lowest BCUT2D eigenvalue weighted by Gasteiger charge is -2.05. The minimum atomic E-state index is -0.381. The zero-order valence-electron chi connectivity index (χ0n) is 11.4. The molecule has 0 unspecified atom stereocenters. The van der Waals surface area contributed by atoms with Gasteiger partial charge in [0, 0.05) is 0 Å². The van der Waals surface area contributed by atoms with Crippen LogP contribution in [-0.4, -0.2) is 22.3 Å². The third-order valence-corrected chi connectivity index (χ3v) is 3.16. The van der Waals surface area contributed by atoms with Crippen LogP contribution >= 0.6 is 11.6 Å². The molecule has 1 aromatic heterocycles. The highest BCUT2D eigenvalue weighted by Gasteiger charge is 2.20. The zero-order valence-corrected chi connectivity index (χ0v) is 12.1. The molecule has 0 aliphatic carbocycles. The third-order valence-electron chi connectivity index (χ3n) is 2.78. The van der Waals surface area contributed by atoms with Crippen molar-refractivity contribution in [2.45, 2.75) is 20.4 Å². The van der Waals surface area contributed by atoms with Gasteiger partial charge in [-0.1, -0.05) is 41.9 Å². The molecule has 5 nitrogen and oxygen atoms in total. The molecule has 2 rings (SSSR count). The first-order valence-corrected chi connectivity index (χ1v) is 6.70. The van der Waals surface area contributed by atoms with Crippen LogP contribution in [0, 0.1) is 6.92 Å². The van der Waals surface area contributed by atoms with E-state index in [2.05, 4.69) is 10.6 Å². The second-order valence-corrected chi connectivity index (χ2v) is 4.62. The normalized spacial score (nSPS) is 10.6. The van der Waals surface area contributed by atoms with Gasteiger partial charge in [0.2, 0.25) is 0 Å². The molecule has 0 saturated heterocycles. The van der Waals surface area contributed by atoms with E-state index in [1.807, 2.05) is 30.3 Å². The van der Waals surface area contributed by atoms with Gasteiger partial charge in [-0.25, -0.2) is 10.2 Å². The first-order valence-electron chi connectivity index (χ1n) is 6.32. The maximum atomic E-state index is 11.9. The summed E-state index contributed by atoms with van der Waals surface area (Å²) < 4.78 is 1.60. The van der Waals surface area contributed by atoms with Crippen molar-refractivity contribution in [1.82, 2.24) is 15.3 Å². The predicted molar refractivity (Wildman–Crippen MR) is 76.6 cm³/mol. The standard InChI is InChI=1S/C14H16ClN3O2/c1-3-20-17-14(19)12-10(2)16-18(13(12)15)9-11-7-5-4-6-8-11/h4-8H,3,9H2,1-2H3,(H,17,19). The Kier molecular flexibility index (Phi) is 4.76. The monoisotopic (exact) mass is 293 g/mol. The van der Waals surface area contributed by atoms with Gasteiger partial charge in [-0.05, 0) is 19.4 Å². The number of hydrogen-bond donors (Lipinski definition) is 1. The molecule has 0 aliphatic rings. The minimum Gasteiger partial charge on any atom is -0.274 e. The summed E-state index contributed by atoms with van der Waals surface area (Å²) in [6, 6.07) is 9.80. The Morgan fingerprint density at radius 2 is 2.10 bits per heavy atom. The summed E-state index contributed by atoms with van der Waals surface area (Å²) in [5.41, 5.74) is 4.31. The number of hydroxylamine groups is 1. The lowest BCUT2D eigenvalue weighted by molar-refractivity contribution is 0.0364. The molecule has 1 amide bonds. The summed E-state index contributed by atoms with van der Waals surface area (Å²) in [6.45, 7) is 4.44. The molecule has 6 heteroatoms. The van der Waals surface area contributed by atoms with Crippen LogP contribution in [-0.2, 0) is 11.4 Å². The molecule has 1 heterocycles. The van der Waals surface area contributed by atoms with Gasteiger partial charge in [-0.3, -0.25) is 9.63 Å². The van der Waals surface area contributed by atoms with Crippen molar-refractivity contribution < 1.29 is 9.63 Å². The highest BCUT2D eigenvalue weighted by molar-refractivity contribution is 6.33. The largest absolute Gasteiger partial charge is 0.279 e. The van der Waals surface area contributed by atoms with Gasteiger partial charge in [0.05, 0.1) is 18.8 Å². The highest BCUT2D eigenvalue weighted by atomic mass is 35.5. The van der Waals surface area contributed by atoms with Gasteiger partial charge >= 0.3 is 0 Å². The Morgan fingerprint density at radius 3 is 2.75 bits per heavy atom. The Labute approximate surface area is 122 Å². The topological polar surface area (TPSA) is 56.1 Å². The molecule has 0 spiro atoms. The third kappa shape index (κ3) is 3.18. The lowest BCUT2D eigenvalue weighted by atomic mass is 10.2. The fraction of sp³-hybridized carbons (Fsp3) is 0.286. The number of aromatic nitrogens is 2.